The number of aryl methyl sites for hydroxylation is 1. The second-order valence-corrected chi connectivity index (χ2v) is 12.8. The van der Waals surface area contributed by atoms with Gasteiger partial charge in [-0.1, -0.05) is 35.5 Å². The van der Waals surface area contributed by atoms with Crippen LogP contribution in [0, 0.1) is 0 Å². The Labute approximate surface area is 230 Å². The number of carbonyl (C=O) groups excluding carboxylic acids is 2. The van der Waals surface area contributed by atoms with Crippen molar-refractivity contribution in [3.8, 4) is 0 Å². The molecule has 2 aliphatic rings. The van der Waals surface area contributed by atoms with E-state index >= 15 is 0 Å². The summed E-state index contributed by atoms with van der Waals surface area (Å²) in [4.78, 5) is 28.8. The fourth-order valence-electron chi connectivity index (χ4n) is 4.77. The molecule has 1 saturated heterocycles. The van der Waals surface area contributed by atoms with E-state index < -0.39 is 27.4 Å². The first-order chi connectivity index (χ1) is 18.2. The number of aromatic nitrogens is 1. The van der Waals surface area contributed by atoms with E-state index in [4.69, 9.17) is 16.3 Å². The minimum absolute atomic E-state index is 0.00909. The van der Waals surface area contributed by atoms with E-state index in [1.54, 1.807) is 48.2 Å². The number of hydrogen-bond acceptors (Lipinski definition) is 7. The second kappa shape index (κ2) is 10.7. The highest BCUT2D eigenvalue weighted by Crippen LogP contribution is 2.38. The van der Waals surface area contributed by atoms with Crippen LogP contribution >= 0.6 is 23.4 Å². The monoisotopic (exact) mass is 575 g/mol. The molecule has 2 aliphatic heterocycles. The third-order valence-corrected chi connectivity index (χ3v) is 9.90. The number of rotatable bonds is 6. The van der Waals surface area contributed by atoms with E-state index in [9.17, 15) is 18.0 Å². The Morgan fingerprint density at radius 3 is 2.71 bits per heavy atom. The van der Waals surface area contributed by atoms with Gasteiger partial charge in [-0.2, -0.15) is 4.31 Å². The lowest BCUT2D eigenvalue weighted by Gasteiger charge is -2.41. The maximum atomic E-state index is 13.6. The number of benzene rings is 2. The van der Waals surface area contributed by atoms with Crippen LogP contribution in [-0.4, -0.2) is 67.2 Å². The molecule has 2 unspecified atom stereocenters. The zero-order valence-corrected chi connectivity index (χ0v) is 23.4. The molecule has 0 aliphatic carbocycles. The maximum absolute atomic E-state index is 13.6. The van der Waals surface area contributed by atoms with Gasteiger partial charge in [0.2, 0.25) is 10.0 Å². The van der Waals surface area contributed by atoms with Crippen LogP contribution < -0.4 is 9.88 Å². The van der Waals surface area contributed by atoms with Crippen LogP contribution in [0.25, 0.3) is 10.8 Å². The molecule has 0 saturated carbocycles. The van der Waals surface area contributed by atoms with E-state index in [1.165, 1.54) is 16.1 Å². The van der Waals surface area contributed by atoms with Gasteiger partial charge >= 0.3 is 5.97 Å². The van der Waals surface area contributed by atoms with Gasteiger partial charge in [0.05, 0.1) is 34.5 Å². The lowest BCUT2D eigenvalue weighted by atomic mass is 10.1. The van der Waals surface area contributed by atoms with E-state index in [0.717, 1.165) is 21.4 Å². The van der Waals surface area contributed by atoms with Crippen molar-refractivity contribution in [2.24, 2.45) is 7.05 Å². The standard InChI is InChI=1S/C26H27ClN4O5S2/c1-3-36-24(32)14-20-15-30(38(34,35)21-7-5-17-12-19(27)6-4-18(17)13-21)10-11-31(20)26(33)25-28-22-8-9-29(2)16-23(22)37-25/h4-9,12-13,16,20,25H,3,10-11,14-15H2,1-2H3/p+1. The maximum Gasteiger partial charge on any atom is 0.307 e. The van der Waals surface area contributed by atoms with Crippen LogP contribution in [0.1, 0.15) is 13.3 Å². The fraction of sp³-hybridized carbons (Fsp3) is 0.346. The van der Waals surface area contributed by atoms with Gasteiger partial charge in [0.25, 0.3) is 5.91 Å². The van der Waals surface area contributed by atoms with Crippen molar-refractivity contribution in [1.29, 1.82) is 0 Å². The van der Waals surface area contributed by atoms with Crippen LogP contribution in [0.5, 0.6) is 0 Å². The number of ether oxygens (including phenoxy) is 1. The third-order valence-electron chi connectivity index (χ3n) is 6.67. The van der Waals surface area contributed by atoms with Gasteiger partial charge in [-0.05, 0) is 42.0 Å². The summed E-state index contributed by atoms with van der Waals surface area (Å²) in [5, 5.41) is 4.85. The van der Waals surface area contributed by atoms with Gasteiger partial charge in [0.1, 0.15) is 7.05 Å². The minimum atomic E-state index is -3.87. The first-order valence-corrected chi connectivity index (χ1v) is 14.9. The second-order valence-electron chi connectivity index (χ2n) is 9.24. The Balaban J connectivity index is 1.38. The highest BCUT2D eigenvalue weighted by Gasteiger charge is 2.41. The topological polar surface area (TPSA) is 99.9 Å². The molecule has 2 aromatic carbocycles. The van der Waals surface area contributed by atoms with Crippen molar-refractivity contribution in [3.63, 3.8) is 0 Å². The number of amides is 1. The number of hydrogen-bond donors (Lipinski definition) is 1. The van der Waals surface area contributed by atoms with Crippen molar-refractivity contribution in [1.82, 2.24) is 9.21 Å². The van der Waals surface area contributed by atoms with Gasteiger partial charge in [0.15, 0.2) is 17.8 Å². The zero-order chi connectivity index (χ0) is 27.0. The summed E-state index contributed by atoms with van der Waals surface area (Å²) in [7, 11) is -1.96. The summed E-state index contributed by atoms with van der Waals surface area (Å²) in [5.74, 6) is -0.665. The Bertz CT molecular complexity index is 1520. The number of thioether (sulfide) groups is 1. The van der Waals surface area contributed by atoms with Gasteiger partial charge < -0.3 is 15.0 Å². The molecule has 9 nitrogen and oxygen atoms in total. The number of sulfonamides is 1. The summed E-state index contributed by atoms with van der Waals surface area (Å²) < 4.78 is 35.7. The van der Waals surface area contributed by atoms with Crippen molar-refractivity contribution in [2.75, 3.05) is 31.6 Å². The number of esters is 1. The molecule has 1 amide bonds. The molecule has 0 bridgehead atoms. The number of halogens is 1. The summed E-state index contributed by atoms with van der Waals surface area (Å²) >= 11 is 7.47. The predicted molar refractivity (Wildman–Crippen MR) is 145 cm³/mol. The quantitative estimate of drug-likeness (QED) is 0.356. The Hall–Kier alpha value is -2.86. The number of anilines is 1. The molecule has 38 heavy (non-hydrogen) atoms. The number of nitrogens with one attached hydrogen (secondary N) is 1. The predicted octanol–water partition coefficient (Wildman–Crippen LogP) is 3.02. The summed E-state index contributed by atoms with van der Waals surface area (Å²) in [5.41, 5.74) is 0.868. The summed E-state index contributed by atoms with van der Waals surface area (Å²) in [6, 6.07) is 11.4. The summed E-state index contributed by atoms with van der Waals surface area (Å²) in [6.45, 7) is 2.18. The average Bonchev–Trinajstić information content (AvgIpc) is 3.31. The van der Waals surface area contributed by atoms with E-state index in [2.05, 4.69) is 5.32 Å². The molecular weight excluding hydrogens is 548 g/mol. The van der Waals surface area contributed by atoms with Crippen LogP contribution in [0.3, 0.4) is 0 Å². The molecule has 1 fully saturated rings. The largest absolute Gasteiger partial charge is 0.466 e. The normalized spacial score (nSPS) is 19.7. The molecule has 2 atom stereocenters. The molecule has 0 spiro atoms. The van der Waals surface area contributed by atoms with Gasteiger partial charge in [-0.25, -0.2) is 13.0 Å². The zero-order valence-electron chi connectivity index (χ0n) is 21.0. The van der Waals surface area contributed by atoms with Gasteiger partial charge in [-0.3, -0.25) is 9.59 Å². The first kappa shape index (κ1) is 26.7. The van der Waals surface area contributed by atoms with Crippen LogP contribution in [-0.2, 0) is 31.4 Å². The Morgan fingerprint density at radius 2 is 1.92 bits per heavy atom. The number of carbonyl (C=O) groups is 2. The minimum Gasteiger partial charge on any atom is -0.466 e. The molecular formula is C26H28ClN4O5S2+. The fourth-order valence-corrected chi connectivity index (χ4v) is 7.61. The molecule has 5 rings (SSSR count). The van der Waals surface area contributed by atoms with Crippen molar-refractivity contribution >= 4 is 61.7 Å². The molecule has 3 aromatic rings. The number of fused-ring (bicyclic) bond motifs is 2. The highest BCUT2D eigenvalue weighted by atomic mass is 35.5. The van der Waals surface area contributed by atoms with E-state index in [0.29, 0.717) is 5.02 Å². The average molecular weight is 576 g/mol. The molecule has 12 heteroatoms. The molecule has 200 valence electrons. The number of piperazine rings is 1. The van der Waals surface area contributed by atoms with E-state index in [-0.39, 0.29) is 43.5 Å². The van der Waals surface area contributed by atoms with Crippen molar-refractivity contribution in [2.45, 2.75) is 34.6 Å². The van der Waals surface area contributed by atoms with Crippen molar-refractivity contribution in [3.05, 3.63) is 59.9 Å². The van der Waals surface area contributed by atoms with Gasteiger partial charge in [0, 0.05) is 30.7 Å². The van der Waals surface area contributed by atoms with E-state index in [1.807, 2.05) is 30.1 Å². The van der Waals surface area contributed by atoms with Crippen LogP contribution in [0.2, 0.25) is 5.02 Å². The smallest absolute Gasteiger partial charge is 0.307 e. The van der Waals surface area contributed by atoms with Crippen molar-refractivity contribution < 1.29 is 27.3 Å². The SMILES string of the molecule is CCOC(=O)CC1CN(S(=O)(=O)c2ccc3cc(Cl)ccc3c2)CCN1C(=O)C1Nc2cc[n+](C)cc2S1. The Morgan fingerprint density at radius 1 is 1.16 bits per heavy atom. The number of pyridine rings is 1. The third kappa shape index (κ3) is 5.33. The lowest BCUT2D eigenvalue weighted by molar-refractivity contribution is -0.673. The molecule has 1 N–H and O–H groups in total. The first-order valence-electron chi connectivity index (χ1n) is 12.2. The molecule has 1 aromatic heterocycles. The Kier molecular flexibility index (Phi) is 7.54. The highest BCUT2D eigenvalue weighted by molar-refractivity contribution is 8.01. The summed E-state index contributed by atoms with van der Waals surface area (Å²) in [6.07, 6.45) is 3.74. The van der Waals surface area contributed by atoms with Gasteiger partial charge in [-0.15, -0.1) is 0 Å². The molecule has 0 radical (unpaired) electrons. The number of nitrogens with zero attached hydrogens (tertiary/aromatic N) is 3. The molecule has 3 heterocycles. The van der Waals surface area contributed by atoms with Crippen LogP contribution in [0.15, 0.2) is 64.6 Å². The van der Waals surface area contributed by atoms with Crippen LogP contribution in [0.4, 0.5) is 5.69 Å². The lowest BCUT2D eigenvalue weighted by Crippen LogP contribution is -2.59.